The Bertz CT molecular complexity index is 633. The molecule has 0 heterocycles. The molecule has 2 rings (SSSR count). The van der Waals surface area contributed by atoms with E-state index in [2.05, 4.69) is 5.32 Å². The third-order valence-electron chi connectivity index (χ3n) is 4.80. The average Bonchev–Trinajstić information content (AvgIpc) is 2.52. The van der Waals surface area contributed by atoms with Crippen LogP contribution in [0.15, 0.2) is 12.1 Å². The summed E-state index contributed by atoms with van der Waals surface area (Å²) in [6, 6.07) is 2.76. The van der Waals surface area contributed by atoms with E-state index in [0.717, 1.165) is 31.2 Å². The molecular weight excluding hydrogens is 310 g/mol. The molecule has 132 valence electrons. The van der Waals surface area contributed by atoms with Gasteiger partial charge in [0.25, 0.3) is 5.69 Å². The predicted molar refractivity (Wildman–Crippen MR) is 92.2 cm³/mol. The normalized spacial score (nSPS) is 20.5. The molecule has 24 heavy (non-hydrogen) atoms. The highest BCUT2D eigenvalue weighted by Gasteiger charge is 2.26. The maximum Gasteiger partial charge on any atom is 0.321 e. The summed E-state index contributed by atoms with van der Waals surface area (Å²) in [6.07, 6.45) is 3.42. The van der Waals surface area contributed by atoms with Crippen molar-refractivity contribution in [3.05, 3.63) is 33.4 Å². The minimum absolute atomic E-state index is 0.0127. The minimum Gasteiger partial charge on any atom is -0.393 e. The molecule has 0 aromatic heterocycles. The second-order valence-corrected chi connectivity index (χ2v) is 6.58. The van der Waals surface area contributed by atoms with Gasteiger partial charge in [0.15, 0.2) is 0 Å². The molecule has 0 bridgehead atoms. The first-order valence-electron chi connectivity index (χ1n) is 8.26. The van der Waals surface area contributed by atoms with E-state index in [4.69, 9.17) is 0 Å². The molecule has 7 nitrogen and oxygen atoms in total. The SMILES string of the molecule is Cc1ccc([N+](=O)[O-])c(C)c1NC(=O)N(C)CC1CCCCC1O. The first kappa shape index (κ1) is 18.2. The molecule has 2 atom stereocenters. The third-order valence-corrected chi connectivity index (χ3v) is 4.80. The topological polar surface area (TPSA) is 95.7 Å². The number of benzene rings is 1. The van der Waals surface area contributed by atoms with Crippen molar-refractivity contribution in [1.29, 1.82) is 0 Å². The summed E-state index contributed by atoms with van der Waals surface area (Å²) in [6.45, 7) is 3.91. The van der Waals surface area contributed by atoms with Gasteiger partial charge in [0.05, 0.1) is 22.3 Å². The van der Waals surface area contributed by atoms with Crippen molar-refractivity contribution in [3.63, 3.8) is 0 Å². The number of hydrogen-bond donors (Lipinski definition) is 2. The molecule has 0 saturated heterocycles. The Kier molecular flexibility index (Phi) is 5.77. The zero-order valence-corrected chi connectivity index (χ0v) is 14.4. The minimum atomic E-state index is -0.452. The lowest BCUT2D eigenvalue weighted by atomic mass is 9.86. The number of rotatable bonds is 4. The van der Waals surface area contributed by atoms with E-state index in [0.29, 0.717) is 17.8 Å². The maximum absolute atomic E-state index is 12.4. The van der Waals surface area contributed by atoms with Gasteiger partial charge in [0.2, 0.25) is 0 Å². The fourth-order valence-electron chi connectivity index (χ4n) is 3.26. The zero-order valence-electron chi connectivity index (χ0n) is 14.4. The Labute approximate surface area is 141 Å². The van der Waals surface area contributed by atoms with Gasteiger partial charge in [-0.2, -0.15) is 0 Å². The Balaban J connectivity index is 2.08. The van der Waals surface area contributed by atoms with Crippen LogP contribution in [0.3, 0.4) is 0 Å². The predicted octanol–water partition coefficient (Wildman–Crippen LogP) is 3.23. The highest BCUT2D eigenvalue weighted by molar-refractivity contribution is 5.91. The van der Waals surface area contributed by atoms with E-state index in [-0.39, 0.29) is 23.7 Å². The molecule has 1 saturated carbocycles. The van der Waals surface area contributed by atoms with Crippen molar-refractivity contribution in [1.82, 2.24) is 4.90 Å². The molecule has 1 fully saturated rings. The van der Waals surface area contributed by atoms with Gasteiger partial charge < -0.3 is 15.3 Å². The summed E-state index contributed by atoms with van der Waals surface area (Å²) < 4.78 is 0. The molecule has 2 amide bonds. The molecule has 0 spiro atoms. The molecule has 1 aliphatic rings. The fraction of sp³-hybridized carbons (Fsp3) is 0.588. The van der Waals surface area contributed by atoms with E-state index in [1.807, 2.05) is 0 Å². The van der Waals surface area contributed by atoms with Crippen molar-refractivity contribution in [2.24, 2.45) is 5.92 Å². The summed E-state index contributed by atoms with van der Waals surface area (Å²) >= 11 is 0. The van der Waals surface area contributed by atoms with Crippen LogP contribution < -0.4 is 5.32 Å². The number of urea groups is 1. The summed E-state index contributed by atoms with van der Waals surface area (Å²) in [5.74, 6) is 0.0850. The molecule has 0 aliphatic heterocycles. The highest BCUT2D eigenvalue weighted by Crippen LogP contribution is 2.29. The number of aliphatic hydroxyl groups excluding tert-OH is 1. The number of nitrogens with zero attached hydrogens (tertiary/aromatic N) is 2. The van der Waals surface area contributed by atoms with Gasteiger partial charge in [-0.25, -0.2) is 4.79 Å². The molecular formula is C17H25N3O4. The van der Waals surface area contributed by atoms with Crippen LogP contribution in [0.2, 0.25) is 0 Å². The van der Waals surface area contributed by atoms with E-state index >= 15 is 0 Å². The zero-order chi connectivity index (χ0) is 17.9. The summed E-state index contributed by atoms with van der Waals surface area (Å²) in [4.78, 5) is 24.6. The molecule has 1 aliphatic carbocycles. The van der Waals surface area contributed by atoms with E-state index in [1.165, 1.54) is 11.0 Å². The van der Waals surface area contributed by atoms with Gasteiger partial charge in [-0.15, -0.1) is 0 Å². The second-order valence-electron chi connectivity index (χ2n) is 6.58. The van der Waals surface area contributed by atoms with E-state index in [1.54, 1.807) is 27.0 Å². The number of anilines is 1. The number of nitro benzene ring substituents is 1. The van der Waals surface area contributed by atoms with Gasteiger partial charge in [-0.3, -0.25) is 10.1 Å². The first-order valence-corrected chi connectivity index (χ1v) is 8.26. The van der Waals surface area contributed by atoms with Gasteiger partial charge >= 0.3 is 6.03 Å². The number of carbonyl (C=O) groups is 1. The number of hydrogen-bond acceptors (Lipinski definition) is 4. The van der Waals surface area contributed by atoms with Crippen molar-refractivity contribution in [2.45, 2.75) is 45.6 Å². The Hall–Kier alpha value is -2.15. The van der Waals surface area contributed by atoms with Crippen molar-refractivity contribution in [3.8, 4) is 0 Å². The number of aliphatic hydroxyl groups is 1. The van der Waals surface area contributed by atoms with Crippen LogP contribution in [-0.2, 0) is 0 Å². The Morgan fingerprint density at radius 3 is 2.67 bits per heavy atom. The van der Waals surface area contributed by atoms with E-state index < -0.39 is 4.92 Å². The average molecular weight is 335 g/mol. The largest absolute Gasteiger partial charge is 0.393 e. The summed E-state index contributed by atoms with van der Waals surface area (Å²) in [5, 5.41) is 23.9. The Morgan fingerprint density at radius 2 is 2.04 bits per heavy atom. The quantitative estimate of drug-likeness (QED) is 0.652. The monoisotopic (exact) mass is 335 g/mol. The van der Waals surface area contributed by atoms with Crippen LogP contribution in [-0.4, -0.2) is 40.7 Å². The standard InChI is InChI=1S/C17H25N3O4/c1-11-8-9-14(20(23)24)12(2)16(11)18-17(22)19(3)10-13-6-4-5-7-15(13)21/h8-9,13,15,21H,4-7,10H2,1-3H3,(H,18,22). The molecule has 7 heteroatoms. The number of aryl methyl sites for hydroxylation is 1. The smallest absolute Gasteiger partial charge is 0.321 e. The van der Waals surface area contributed by atoms with Crippen LogP contribution in [0.1, 0.15) is 36.8 Å². The van der Waals surface area contributed by atoms with Gasteiger partial charge in [0, 0.05) is 25.6 Å². The lowest BCUT2D eigenvalue weighted by Gasteiger charge is -2.31. The van der Waals surface area contributed by atoms with Crippen LogP contribution in [0.5, 0.6) is 0 Å². The lowest BCUT2D eigenvalue weighted by Crippen LogP contribution is -2.40. The number of nitro groups is 1. The highest BCUT2D eigenvalue weighted by atomic mass is 16.6. The van der Waals surface area contributed by atoms with Crippen LogP contribution >= 0.6 is 0 Å². The maximum atomic E-state index is 12.4. The summed E-state index contributed by atoms with van der Waals surface area (Å²) in [7, 11) is 1.68. The number of carbonyl (C=O) groups excluding carboxylic acids is 1. The number of nitrogens with one attached hydrogen (secondary N) is 1. The fourth-order valence-corrected chi connectivity index (χ4v) is 3.26. The lowest BCUT2D eigenvalue weighted by molar-refractivity contribution is -0.385. The van der Waals surface area contributed by atoms with Crippen LogP contribution in [0.25, 0.3) is 0 Å². The van der Waals surface area contributed by atoms with Crippen molar-refractivity contribution < 1.29 is 14.8 Å². The Morgan fingerprint density at radius 1 is 1.38 bits per heavy atom. The van der Waals surface area contributed by atoms with E-state index in [9.17, 15) is 20.0 Å². The third kappa shape index (κ3) is 4.03. The van der Waals surface area contributed by atoms with Crippen molar-refractivity contribution in [2.75, 3.05) is 18.9 Å². The van der Waals surface area contributed by atoms with Crippen LogP contribution in [0.4, 0.5) is 16.2 Å². The van der Waals surface area contributed by atoms with Crippen LogP contribution in [0, 0.1) is 29.9 Å². The van der Waals surface area contributed by atoms with Gasteiger partial charge in [-0.05, 0) is 32.3 Å². The molecule has 2 unspecified atom stereocenters. The molecule has 1 aromatic carbocycles. The second kappa shape index (κ2) is 7.61. The van der Waals surface area contributed by atoms with Gasteiger partial charge in [-0.1, -0.05) is 18.9 Å². The molecule has 2 N–H and O–H groups in total. The number of amides is 2. The van der Waals surface area contributed by atoms with Crippen molar-refractivity contribution >= 4 is 17.4 Å². The van der Waals surface area contributed by atoms with Gasteiger partial charge in [0.1, 0.15) is 0 Å². The molecule has 0 radical (unpaired) electrons. The summed E-state index contributed by atoms with van der Waals surface area (Å²) in [5.41, 5.74) is 1.68. The molecule has 1 aromatic rings. The first-order chi connectivity index (χ1) is 11.3.